The number of anilines is 3. The topological polar surface area (TPSA) is 121 Å². The fourth-order valence-electron chi connectivity index (χ4n) is 6.26. The van der Waals surface area contributed by atoms with Gasteiger partial charge in [0.2, 0.25) is 0 Å². The van der Waals surface area contributed by atoms with E-state index in [9.17, 15) is 18.0 Å². The van der Waals surface area contributed by atoms with Gasteiger partial charge < -0.3 is 19.9 Å². The number of hydrogen-bond acceptors (Lipinski definition) is 8. The average Bonchev–Trinajstić information content (AvgIpc) is 3.15. The van der Waals surface area contributed by atoms with Crippen molar-refractivity contribution in [2.75, 3.05) is 42.4 Å². The molecule has 1 aliphatic heterocycles. The number of aryl methyl sites for hydroxylation is 2. The summed E-state index contributed by atoms with van der Waals surface area (Å²) in [6, 6.07) is 17.2. The Morgan fingerprint density at radius 2 is 1.47 bits per heavy atom. The molecule has 286 valence electrons. The van der Waals surface area contributed by atoms with Gasteiger partial charge in [0.05, 0.1) is 23.5 Å². The minimum Gasteiger partial charge on any atom is -0.462 e. The molecule has 11 heteroatoms. The molecule has 1 aliphatic rings. The molecule has 0 atom stereocenters. The molecule has 53 heavy (non-hydrogen) atoms. The Morgan fingerprint density at radius 3 is 2.11 bits per heavy atom. The van der Waals surface area contributed by atoms with Crippen LogP contribution >= 0.6 is 0 Å². The first-order chi connectivity index (χ1) is 25.5. The largest absolute Gasteiger partial charge is 0.462 e. The van der Waals surface area contributed by atoms with Crippen LogP contribution in [0.5, 0.6) is 0 Å². The van der Waals surface area contributed by atoms with Gasteiger partial charge in [-0.2, -0.15) is 8.42 Å². The minimum absolute atomic E-state index is 0.0414. The SMILES string of the molecule is CCCCCCCCCCCCCCOC(=O)c1ccc(C)c(NC(=O)C(=Nc2ccc(N(C)CC)cc2C)C2=NS(=O)(=O)c3ccccc3N2C)c1. The fraction of sp³-hybridized carbons (Fsp3) is 0.476. The maximum Gasteiger partial charge on any atom is 0.338 e. The number of benzene rings is 3. The number of esters is 1. The highest BCUT2D eigenvalue weighted by molar-refractivity contribution is 7.90. The van der Waals surface area contributed by atoms with Crippen molar-refractivity contribution in [2.45, 2.75) is 110 Å². The Labute approximate surface area is 316 Å². The van der Waals surface area contributed by atoms with Crippen LogP contribution in [0.25, 0.3) is 0 Å². The lowest BCUT2D eigenvalue weighted by atomic mass is 10.1. The number of para-hydroxylation sites is 1. The zero-order valence-electron chi connectivity index (χ0n) is 32.4. The first-order valence-electron chi connectivity index (χ1n) is 19.1. The molecule has 10 nitrogen and oxygen atoms in total. The minimum atomic E-state index is -4.13. The van der Waals surface area contributed by atoms with Gasteiger partial charge in [-0.05, 0) is 80.8 Å². The quantitative estimate of drug-likeness (QED) is 0.0695. The number of rotatable bonds is 20. The second kappa shape index (κ2) is 20.1. The highest BCUT2D eigenvalue weighted by Crippen LogP contribution is 2.32. The van der Waals surface area contributed by atoms with Crippen LogP contribution in [0.2, 0.25) is 0 Å². The van der Waals surface area contributed by atoms with Crippen molar-refractivity contribution in [2.24, 2.45) is 9.39 Å². The Balaban J connectivity index is 1.46. The van der Waals surface area contributed by atoms with E-state index < -0.39 is 21.9 Å². The third-order valence-electron chi connectivity index (χ3n) is 9.74. The lowest BCUT2D eigenvalue weighted by molar-refractivity contribution is -0.110. The van der Waals surface area contributed by atoms with Crippen LogP contribution in [-0.4, -0.2) is 59.1 Å². The van der Waals surface area contributed by atoms with E-state index in [1.165, 1.54) is 63.9 Å². The molecule has 1 heterocycles. The number of amidine groups is 1. The summed E-state index contributed by atoms with van der Waals surface area (Å²) >= 11 is 0. The third-order valence-corrected chi connectivity index (χ3v) is 11.1. The van der Waals surface area contributed by atoms with Crippen molar-refractivity contribution < 1.29 is 22.7 Å². The van der Waals surface area contributed by atoms with Crippen molar-refractivity contribution in [3.05, 3.63) is 77.4 Å². The van der Waals surface area contributed by atoms with Crippen molar-refractivity contribution in [1.82, 2.24) is 0 Å². The molecule has 0 bridgehead atoms. The van der Waals surface area contributed by atoms with Crippen LogP contribution in [0, 0.1) is 13.8 Å². The van der Waals surface area contributed by atoms with Crippen LogP contribution in [0.4, 0.5) is 22.7 Å². The van der Waals surface area contributed by atoms with Gasteiger partial charge in [0.15, 0.2) is 11.5 Å². The van der Waals surface area contributed by atoms with Crippen LogP contribution in [0.15, 0.2) is 74.9 Å². The normalized spacial score (nSPS) is 13.7. The Morgan fingerprint density at radius 1 is 0.830 bits per heavy atom. The molecule has 1 amide bonds. The molecule has 0 fully saturated rings. The zero-order valence-corrected chi connectivity index (χ0v) is 33.2. The summed E-state index contributed by atoms with van der Waals surface area (Å²) in [7, 11) is -0.497. The van der Waals surface area contributed by atoms with Crippen LogP contribution in [0.1, 0.15) is 112 Å². The number of amides is 1. The number of nitrogens with zero attached hydrogens (tertiary/aromatic N) is 4. The molecule has 4 rings (SSSR count). The predicted octanol–water partition coefficient (Wildman–Crippen LogP) is 9.57. The number of hydrogen-bond donors (Lipinski definition) is 1. The van der Waals surface area contributed by atoms with E-state index in [0.717, 1.165) is 37.1 Å². The van der Waals surface area contributed by atoms with E-state index in [-0.39, 0.29) is 16.4 Å². The van der Waals surface area contributed by atoms with Gasteiger partial charge in [-0.25, -0.2) is 9.79 Å². The van der Waals surface area contributed by atoms with E-state index in [0.29, 0.717) is 34.8 Å². The smallest absolute Gasteiger partial charge is 0.338 e. The number of nitrogens with one attached hydrogen (secondary N) is 1. The second-order valence-electron chi connectivity index (χ2n) is 13.9. The highest BCUT2D eigenvalue weighted by atomic mass is 32.2. The van der Waals surface area contributed by atoms with Gasteiger partial charge in [0.25, 0.3) is 15.9 Å². The molecule has 3 aromatic rings. The number of aliphatic imine (C=N–C) groups is 1. The number of carbonyl (C=O) groups is 2. The number of carbonyl (C=O) groups excluding carboxylic acids is 2. The highest BCUT2D eigenvalue weighted by Gasteiger charge is 2.34. The van der Waals surface area contributed by atoms with E-state index in [1.807, 2.05) is 33.0 Å². The van der Waals surface area contributed by atoms with Gasteiger partial charge in [-0.3, -0.25) is 4.79 Å². The fourth-order valence-corrected chi connectivity index (χ4v) is 7.51. The molecule has 0 spiro atoms. The van der Waals surface area contributed by atoms with Gasteiger partial charge in [-0.1, -0.05) is 95.8 Å². The maximum atomic E-state index is 14.2. The maximum absolute atomic E-state index is 14.2. The predicted molar refractivity (Wildman–Crippen MR) is 218 cm³/mol. The molecule has 1 N–H and O–H groups in total. The molecule has 0 aromatic heterocycles. The molecule has 0 unspecified atom stereocenters. The van der Waals surface area contributed by atoms with Crippen LogP contribution < -0.4 is 15.1 Å². The van der Waals surface area contributed by atoms with E-state index in [4.69, 9.17) is 9.73 Å². The van der Waals surface area contributed by atoms with Gasteiger partial charge in [-0.15, -0.1) is 4.40 Å². The summed E-state index contributed by atoms with van der Waals surface area (Å²) in [5.41, 5.74) is 3.84. The summed E-state index contributed by atoms with van der Waals surface area (Å²) in [6.07, 6.45) is 14.7. The number of fused-ring (bicyclic) bond motifs is 1. The van der Waals surface area contributed by atoms with Crippen molar-refractivity contribution >= 4 is 56.2 Å². The summed E-state index contributed by atoms with van der Waals surface area (Å²) in [5, 5.41) is 2.88. The van der Waals surface area contributed by atoms with Gasteiger partial charge in [0, 0.05) is 32.0 Å². The van der Waals surface area contributed by atoms with E-state index in [2.05, 4.69) is 28.5 Å². The molecule has 0 radical (unpaired) electrons. The first-order valence-corrected chi connectivity index (χ1v) is 20.6. The van der Waals surface area contributed by atoms with Gasteiger partial charge in [0.1, 0.15) is 4.90 Å². The standard InChI is InChI=1S/C42H57N5O5S/c1-7-9-10-11-12-13-14-15-16-17-18-21-28-52-42(49)33-25-24-31(3)36(30-33)44-41(48)39(43-35-27-26-34(29-32(35)4)46(5)8-2)40-45-53(50,51)38-23-20-19-22-37(38)47(40)6/h19-20,22-27,29-30H,7-18,21,28H2,1-6H3,(H,44,48). The summed E-state index contributed by atoms with van der Waals surface area (Å²) in [4.78, 5) is 35.6. The molecule has 0 saturated carbocycles. The van der Waals surface area contributed by atoms with Crippen LogP contribution in [0.3, 0.4) is 0 Å². The van der Waals surface area contributed by atoms with Crippen LogP contribution in [-0.2, 0) is 19.6 Å². The molecular formula is C42H57N5O5S. The Bertz CT molecular complexity index is 1890. The lowest BCUT2D eigenvalue weighted by Crippen LogP contribution is -2.43. The molecular weight excluding hydrogens is 687 g/mol. The monoisotopic (exact) mass is 743 g/mol. The van der Waals surface area contributed by atoms with Crippen molar-refractivity contribution in [3.63, 3.8) is 0 Å². The molecule has 3 aromatic carbocycles. The number of unbranched alkanes of at least 4 members (excludes halogenated alkanes) is 11. The summed E-state index contributed by atoms with van der Waals surface area (Å²) in [6.45, 7) is 9.13. The van der Waals surface area contributed by atoms with E-state index >= 15 is 0 Å². The second-order valence-corrected chi connectivity index (χ2v) is 15.4. The lowest BCUT2D eigenvalue weighted by Gasteiger charge is -2.27. The Kier molecular flexibility index (Phi) is 15.6. The Hall–Kier alpha value is -4.51. The third kappa shape index (κ3) is 11.5. The van der Waals surface area contributed by atoms with E-state index in [1.54, 1.807) is 54.4 Å². The first kappa shape index (κ1) is 41.2. The zero-order chi connectivity index (χ0) is 38.4. The summed E-state index contributed by atoms with van der Waals surface area (Å²) in [5.74, 6) is -1.26. The average molecular weight is 744 g/mol. The molecule has 0 saturated heterocycles. The number of ether oxygens (including phenoxy) is 1. The number of sulfonamides is 1. The molecule has 0 aliphatic carbocycles. The van der Waals surface area contributed by atoms with Crippen molar-refractivity contribution in [3.8, 4) is 0 Å². The van der Waals surface area contributed by atoms with Crippen molar-refractivity contribution in [1.29, 1.82) is 0 Å². The van der Waals surface area contributed by atoms with Gasteiger partial charge >= 0.3 is 5.97 Å². The summed E-state index contributed by atoms with van der Waals surface area (Å²) < 4.78 is 36.3.